The van der Waals surface area contributed by atoms with Gasteiger partial charge < -0.3 is 10.3 Å². The third-order valence-corrected chi connectivity index (χ3v) is 6.44. The van der Waals surface area contributed by atoms with Crippen LogP contribution >= 0.6 is 39.7 Å². The van der Waals surface area contributed by atoms with Crippen molar-refractivity contribution in [3.05, 3.63) is 93.9 Å². The average Bonchev–Trinajstić information content (AvgIpc) is 3.25. The Balaban J connectivity index is 1.37. The highest BCUT2D eigenvalue weighted by Gasteiger charge is 2.14. The molecule has 0 bridgehead atoms. The summed E-state index contributed by atoms with van der Waals surface area (Å²) in [5, 5.41) is 8.18. The molecule has 0 radical (unpaired) electrons. The minimum atomic E-state index is -0.305. The molecule has 1 aromatic heterocycles. The lowest BCUT2D eigenvalue weighted by Crippen LogP contribution is -2.34. The van der Waals surface area contributed by atoms with Gasteiger partial charge in [-0.1, -0.05) is 63.9 Å². The van der Waals surface area contributed by atoms with E-state index in [1.807, 2.05) is 66.7 Å². The van der Waals surface area contributed by atoms with Crippen molar-refractivity contribution in [1.82, 2.24) is 15.3 Å². The second kappa shape index (κ2) is 8.94. The minimum Gasteiger partial charge on any atom is -0.338 e. The number of anilines is 1. The maximum absolute atomic E-state index is 12.9. The smallest absolute Gasteiger partial charge is 0.258 e. The first-order valence-electron chi connectivity index (χ1n) is 10.0. The van der Waals surface area contributed by atoms with E-state index in [-0.39, 0.29) is 11.0 Å². The highest BCUT2D eigenvalue weighted by atomic mass is 79.9. The number of halogens is 2. The predicted octanol–water partition coefficient (Wildman–Crippen LogP) is 6.93. The summed E-state index contributed by atoms with van der Waals surface area (Å²) in [7, 11) is 0. The highest BCUT2D eigenvalue weighted by molar-refractivity contribution is 9.10. The van der Waals surface area contributed by atoms with Gasteiger partial charge in [-0.05, 0) is 65.5 Å². The molecule has 8 heteroatoms. The summed E-state index contributed by atoms with van der Waals surface area (Å²) >= 11 is 15.3. The number of thiocarbonyl (C=S) groups is 1. The Kier molecular flexibility index (Phi) is 5.85. The van der Waals surface area contributed by atoms with Crippen LogP contribution in [0.3, 0.4) is 0 Å². The third kappa shape index (κ3) is 4.35. The van der Waals surface area contributed by atoms with Gasteiger partial charge in [-0.25, -0.2) is 4.98 Å². The van der Waals surface area contributed by atoms with E-state index in [2.05, 4.69) is 36.5 Å². The van der Waals surface area contributed by atoms with E-state index in [0.717, 1.165) is 31.8 Å². The number of aromatic amines is 1. The van der Waals surface area contributed by atoms with Gasteiger partial charge in [-0.2, -0.15) is 0 Å². The van der Waals surface area contributed by atoms with Crippen LogP contribution in [-0.2, 0) is 0 Å². The summed E-state index contributed by atoms with van der Waals surface area (Å²) in [5.74, 6) is 0.410. The maximum Gasteiger partial charge on any atom is 0.258 e. The maximum atomic E-state index is 12.9. The Morgan fingerprint density at radius 3 is 2.61 bits per heavy atom. The summed E-state index contributed by atoms with van der Waals surface area (Å²) in [5.41, 5.74) is 3.76. The first kappa shape index (κ1) is 21.6. The van der Waals surface area contributed by atoms with Crippen LogP contribution in [0.15, 0.2) is 83.3 Å². The Labute approximate surface area is 208 Å². The van der Waals surface area contributed by atoms with Gasteiger partial charge in [0.1, 0.15) is 5.82 Å². The van der Waals surface area contributed by atoms with Crippen molar-refractivity contribution < 1.29 is 4.79 Å². The molecule has 0 saturated carbocycles. The van der Waals surface area contributed by atoms with Crippen molar-refractivity contribution in [2.75, 3.05) is 5.32 Å². The molecule has 0 aliphatic rings. The van der Waals surface area contributed by atoms with Crippen LogP contribution in [0.1, 0.15) is 10.4 Å². The number of rotatable bonds is 3. The zero-order chi connectivity index (χ0) is 22.9. The monoisotopic (exact) mass is 534 g/mol. The first-order chi connectivity index (χ1) is 16.0. The van der Waals surface area contributed by atoms with Gasteiger partial charge in [-0.3, -0.25) is 10.1 Å². The fourth-order valence-corrected chi connectivity index (χ4v) is 4.52. The van der Waals surface area contributed by atoms with Gasteiger partial charge >= 0.3 is 0 Å². The van der Waals surface area contributed by atoms with Crippen molar-refractivity contribution in [2.24, 2.45) is 0 Å². The molecule has 0 aliphatic heterocycles. The molecule has 4 aromatic carbocycles. The normalized spacial score (nSPS) is 11.0. The summed E-state index contributed by atoms with van der Waals surface area (Å²) < 4.78 is 0.921. The number of nitrogens with zero attached hydrogens (tertiary/aromatic N) is 1. The van der Waals surface area contributed by atoms with Gasteiger partial charge in [0.25, 0.3) is 5.91 Å². The molecule has 0 atom stereocenters. The van der Waals surface area contributed by atoms with Crippen LogP contribution in [-0.4, -0.2) is 21.0 Å². The molecule has 1 amide bonds. The molecule has 5 nitrogen and oxygen atoms in total. The number of fused-ring (bicyclic) bond motifs is 2. The number of benzene rings is 4. The zero-order valence-electron chi connectivity index (χ0n) is 17.0. The fourth-order valence-electron chi connectivity index (χ4n) is 3.65. The molecule has 5 aromatic rings. The largest absolute Gasteiger partial charge is 0.338 e. The molecule has 0 spiro atoms. The highest BCUT2D eigenvalue weighted by Crippen LogP contribution is 2.29. The lowest BCUT2D eigenvalue weighted by Gasteiger charge is -2.13. The van der Waals surface area contributed by atoms with Crippen LogP contribution in [0.25, 0.3) is 33.2 Å². The van der Waals surface area contributed by atoms with Gasteiger partial charge in [0.05, 0.1) is 21.7 Å². The molecule has 1 heterocycles. The number of carbonyl (C=O) groups is 1. The van der Waals surface area contributed by atoms with Crippen LogP contribution in [0.4, 0.5) is 5.69 Å². The third-order valence-electron chi connectivity index (χ3n) is 5.22. The standard InChI is InChI=1S/C25H16BrClN4OS/c26-18-8-4-5-15-16(18)6-3-7-17(15)24(32)31-25(33)30-22-13-14(11-12-19(22)27)23-28-20-9-1-2-10-21(20)29-23/h1-13H,(H,28,29)(H2,30,31,32,33). The van der Waals surface area contributed by atoms with Gasteiger partial charge in [0, 0.05) is 15.6 Å². The minimum absolute atomic E-state index is 0.149. The van der Waals surface area contributed by atoms with Crippen molar-refractivity contribution in [1.29, 1.82) is 0 Å². The molecule has 5 rings (SSSR count). The fraction of sp³-hybridized carbons (Fsp3) is 0. The van der Waals surface area contributed by atoms with E-state index in [4.69, 9.17) is 23.8 Å². The van der Waals surface area contributed by atoms with E-state index in [0.29, 0.717) is 22.1 Å². The van der Waals surface area contributed by atoms with Crippen LogP contribution < -0.4 is 10.6 Å². The molecule has 0 aliphatic carbocycles. The lowest BCUT2D eigenvalue weighted by molar-refractivity contribution is 0.0979. The second-order valence-electron chi connectivity index (χ2n) is 7.35. The van der Waals surface area contributed by atoms with E-state index in [1.54, 1.807) is 12.1 Å². The van der Waals surface area contributed by atoms with Gasteiger partial charge in [0.15, 0.2) is 5.11 Å². The molecule has 33 heavy (non-hydrogen) atoms. The van der Waals surface area contributed by atoms with E-state index in [1.165, 1.54) is 0 Å². The SMILES string of the molecule is O=C(NC(=S)Nc1cc(-c2nc3ccccc3[nH]2)ccc1Cl)c1cccc2c(Br)cccc12. The van der Waals surface area contributed by atoms with Crippen LogP contribution in [0, 0.1) is 0 Å². The summed E-state index contributed by atoms with van der Waals surface area (Å²) in [6.45, 7) is 0. The molecule has 3 N–H and O–H groups in total. The van der Waals surface area contributed by atoms with Crippen LogP contribution in [0.2, 0.25) is 5.02 Å². The quantitative estimate of drug-likeness (QED) is 0.219. The first-order valence-corrected chi connectivity index (χ1v) is 11.6. The number of hydrogen-bond donors (Lipinski definition) is 3. The Bertz CT molecular complexity index is 1520. The Hall–Kier alpha value is -3.26. The van der Waals surface area contributed by atoms with Gasteiger partial charge in [0.2, 0.25) is 0 Å². The number of imidazole rings is 1. The van der Waals surface area contributed by atoms with Crippen molar-refractivity contribution in [3.63, 3.8) is 0 Å². The molecule has 0 fully saturated rings. The van der Waals surface area contributed by atoms with E-state index in [9.17, 15) is 4.79 Å². The van der Waals surface area contributed by atoms with E-state index >= 15 is 0 Å². The van der Waals surface area contributed by atoms with Crippen molar-refractivity contribution in [3.8, 4) is 11.4 Å². The summed E-state index contributed by atoms with van der Waals surface area (Å²) in [4.78, 5) is 20.9. The molecular formula is C25H16BrClN4OS. The van der Waals surface area contributed by atoms with E-state index < -0.39 is 0 Å². The molecular weight excluding hydrogens is 520 g/mol. The zero-order valence-corrected chi connectivity index (χ0v) is 20.2. The number of aromatic nitrogens is 2. The summed E-state index contributed by atoms with van der Waals surface area (Å²) in [6, 6.07) is 24.6. The van der Waals surface area contributed by atoms with Crippen LogP contribution in [0.5, 0.6) is 0 Å². The number of carbonyl (C=O) groups excluding carboxylic acids is 1. The van der Waals surface area contributed by atoms with Crippen molar-refractivity contribution >= 4 is 78.3 Å². The summed E-state index contributed by atoms with van der Waals surface area (Å²) in [6.07, 6.45) is 0. The number of hydrogen-bond acceptors (Lipinski definition) is 3. The topological polar surface area (TPSA) is 69.8 Å². The Morgan fingerprint density at radius 2 is 1.76 bits per heavy atom. The lowest BCUT2D eigenvalue weighted by atomic mass is 10.0. The number of H-pyrrole nitrogens is 1. The number of amides is 1. The number of para-hydroxylation sites is 2. The van der Waals surface area contributed by atoms with Crippen molar-refractivity contribution in [2.45, 2.75) is 0 Å². The van der Waals surface area contributed by atoms with Gasteiger partial charge in [-0.15, -0.1) is 0 Å². The molecule has 0 saturated heterocycles. The number of nitrogens with one attached hydrogen (secondary N) is 3. The predicted molar refractivity (Wildman–Crippen MR) is 142 cm³/mol. The second-order valence-corrected chi connectivity index (χ2v) is 9.02. The Morgan fingerprint density at radius 1 is 0.970 bits per heavy atom. The average molecular weight is 536 g/mol. The molecule has 0 unspecified atom stereocenters. The molecule has 162 valence electrons.